The number of carbonyl (C=O) groups excluding carboxylic acids is 2. The number of halogens is 1. The van der Waals surface area contributed by atoms with Gasteiger partial charge in [-0.3, -0.25) is 4.79 Å². The van der Waals surface area contributed by atoms with E-state index in [0.29, 0.717) is 4.88 Å². The summed E-state index contributed by atoms with van der Waals surface area (Å²) in [5.41, 5.74) is 1.31. The average Bonchev–Trinajstić information content (AvgIpc) is 3.12. The van der Waals surface area contributed by atoms with Crippen LogP contribution in [0.4, 0.5) is 5.69 Å². The normalized spacial score (nSPS) is 13.8. The lowest BCUT2D eigenvalue weighted by atomic mass is 9.99. The van der Waals surface area contributed by atoms with Crippen molar-refractivity contribution in [2.45, 2.75) is 30.6 Å². The van der Waals surface area contributed by atoms with E-state index in [4.69, 9.17) is 16.3 Å². The van der Waals surface area contributed by atoms with Gasteiger partial charge >= 0.3 is 5.97 Å². The lowest BCUT2D eigenvalue weighted by Gasteiger charge is -2.13. The lowest BCUT2D eigenvalue weighted by molar-refractivity contribution is -0.119. The second-order valence-electron chi connectivity index (χ2n) is 6.82. The number of benzene rings is 1. The number of anilines is 1. The van der Waals surface area contributed by atoms with E-state index in [1.807, 2.05) is 6.07 Å². The van der Waals surface area contributed by atoms with Gasteiger partial charge in [-0.2, -0.15) is 0 Å². The SMILES string of the molecule is CN(C)S(=O)(=O)c1ccc(Cl)c(NC(=O)COC(=O)c2cc3c(s2)CCCC3)c1. The Bertz CT molecular complexity index is 1020. The van der Waals surface area contributed by atoms with Gasteiger partial charge < -0.3 is 10.1 Å². The molecule has 10 heteroatoms. The van der Waals surface area contributed by atoms with Crippen molar-refractivity contribution >= 4 is 50.5 Å². The second-order valence-corrected chi connectivity index (χ2v) is 10.5. The molecule has 0 bridgehead atoms. The van der Waals surface area contributed by atoms with E-state index in [0.717, 1.165) is 30.0 Å². The molecule has 0 radical (unpaired) electrons. The summed E-state index contributed by atoms with van der Waals surface area (Å²) in [6.45, 7) is -0.498. The number of amides is 1. The molecular formula is C19H21ClN2O5S2. The number of nitrogens with one attached hydrogen (secondary N) is 1. The molecule has 0 atom stereocenters. The summed E-state index contributed by atoms with van der Waals surface area (Å²) in [7, 11) is -0.862. The highest BCUT2D eigenvalue weighted by Gasteiger charge is 2.21. The molecule has 0 unspecified atom stereocenters. The molecule has 1 aliphatic carbocycles. The number of hydrogen-bond donors (Lipinski definition) is 1. The third-order valence-electron chi connectivity index (χ3n) is 4.52. The van der Waals surface area contributed by atoms with Crippen molar-refractivity contribution in [3.05, 3.63) is 44.6 Å². The largest absolute Gasteiger partial charge is 0.451 e. The Morgan fingerprint density at radius 2 is 1.93 bits per heavy atom. The topological polar surface area (TPSA) is 92.8 Å². The number of esters is 1. The first-order valence-corrected chi connectivity index (χ1v) is 11.6. The third kappa shape index (κ3) is 4.98. The Kier molecular flexibility index (Phi) is 6.62. The van der Waals surface area contributed by atoms with Crippen molar-refractivity contribution in [2.24, 2.45) is 0 Å². The minimum absolute atomic E-state index is 0.0108. The Labute approximate surface area is 178 Å². The van der Waals surface area contributed by atoms with E-state index in [9.17, 15) is 18.0 Å². The number of nitrogens with zero attached hydrogens (tertiary/aromatic N) is 1. The second kappa shape index (κ2) is 8.83. The molecule has 0 aliphatic heterocycles. The first-order valence-electron chi connectivity index (χ1n) is 8.99. The summed E-state index contributed by atoms with van der Waals surface area (Å²) in [5, 5.41) is 2.66. The fourth-order valence-electron chi connectivity index (χ4n) is 2.95. The predicted molar refractivity (Wildman–Crippen MR) is 112 cm³/mol. The van der Waals surface area contributed by atoms with Crippen LogP contribution >= 0.6 is 22.9 Å². The molecule has 156 valence electrons. The van der Waals surface area contributed by atoms with Crippen molar-refractivity contribution in [3.8, 4) is 0 Å². The van der Waals surface area contributed by atoms with E-state index >= 15 is 0 Å². The molecule has 1 aromatic carbocycles. The molecule has 1 aliphatic rings. The minimum atomic E-state index is -3.68. The zero-order chi connectivity index (χ0) is 21.2. The van der Waals surface area contributed by atoms with Crippen LogP contribution in [0.2, 0.25) is 5.02 Å². The number of rotatable bonds is 6. The molecule has 0 fully saturated rings. The summed E-state index contributed by atoms with van der Waals surface area (Å²) in [6, 6.07) is 5.85. The number of hydrogen-bond acceptors (Lipinski definition) is 6. The highest BCUT2D eigenvalue weighted by molar-refractivity contribution is 7.89. The number of thiophene rings is 1. The Morgan fingerprint density at radius 1 is 1.21 bits per heavy atom. The summed E-state index contributed by atoms with van der Waals surface area (Å²) >= 11 is 7.47. The van der Waals surface area contributed by atoms with Gasteiger partial charge in [-0.25, -0.2) is 17.5 Å². The number of fused-ring (bicyclic) bond motifs is 1. The van der Waals surface area contributed by atoms with Crippen LogP contribution in [-0.4, -0.2) is 45.3 Å². The van der Waals surface area contributed by atoms with Crippen molar-refractivity contribution in [1.29, 1.82) is 0 Å². The number of ether oxygens (including phenoxy) is 1. The van der Waals surface area contributed by atoms with Gasteiger partial charge in [0, 0.05) is 19.0 Å². The Balaban J connectivity index is 1.63. The van der Waals surface area contributed by atoms with Crippen molar-refractivity contribution in [2.75, 3.05) is 26.0 Å². The van der Waals surface area contributed by atoms with Gasteiger partial charge in [0.25, 0.3) is 5.91 Å². The summed E-state index contributed by atoms with van der Waals surface area (Å²) in [4.78, 5) is 26.1. The lowest BCUT2D eigenvalue weighted by Crippen LogP contribution is -2.23. The molecule has 0 saturated heterocycles. The molecule has 1 heterocycles. The summed E-state index contributed by atoms with van der Waals surface area (Å²) in [5.74, 6) is -1.16. The van der Waals surface area contributed by atoms with E-state index in [1.54, 1.807) is 0 Å². The maximum Gasteiger partial charge on any atom is 0.348 e. The van der Waals surface area contributed by atoms with Gasteiger partial charge in [-0.05, 0) is 55.5 Å². The van der Waals surface area contributed by atoms with Gasteiger partial charge in [0.1, 0.15) is 4.88 Å². The highest BCUT2D eigenvalue weighted by Crippen LogP contribution is 2.30. The monoisotopic (exact) mass is 456 g/mol. The standard InChI is InChI=1S/C19H21ClN2O5S2/c1-22(2)29(25,26)13-7-8-14(20)15(10-13)21-18(23)11-27-19(24)17-9-12-5-3-4-6-16(12)28-17/h7-10H,3-6,11H2,1-2H3,(H,21,23). The van der Waals surface area contributed by atoms with Crippen LogP contribution in [0.3, 0.4) is 0 Å². The fourth-order valence-corrected chi connectivity index (χ4v) is 5.19. The smallest absolute Gasteiger partial charge is 0.348 e. The van der Waals surface area contributed by atoms with Gasteiger partial charge in [0.05, 0.1) is 15.6 Å². The summed E-state index contributed by atoms with van der Waals surface area (Å²) in [6.07, 6.45) is 4.17. The first-order chi connectivity index (χ1) is 13.7. The Morgan fingerprint density at radius 3 is 2.62 bits per heavy atom. The van der Waals surface area contributed by atoms with Crippen molar-refractivity contribution < 1.29 is 22.7 Å². The average molecular weight is 457 g/mol. The van der Waals surface area contributed by atoms with Gasteiger partial charge in [-0.15, -0.1) is 11.3 Å². The van der Waals surface area contributed by atoms with Crippen LogP contribution in [-0.2, 0) is 32.4 Å². The molecule has 0 spiro atoms. The van der Waals surface area contributed by atoms with Crippen LogP contribution in [0.5, 0.6) is 0 Å². The van der Waals surface area contributed by atoms with Gasteiger partial charge in [0.15, 0.2) is 6.61 Å². The van der Waals surface area contributed by atoms with Crippen LogP contribution in [0.1, 0.15) is 33.0 Å². The van der Waals surface area contributed by atoms with E-state index in [2.05, 4.69) is 5.32 Å². The minimum Gasteiger partial charge on any atom is -0.451 e. The van der Waals surface area contributed by atoms with Crippen LogP contribution in [0.25, 0.3) is 0 Å². The predicted octanol–water partition coefficient (Wildman–Crippen LogP) is 3.33. The highest BCUT2D eigenvalue weighted by atomic mass is 35.5. The molecule has 7 nitrogen and oxygen atoms in total. The van der Waals surface area contributed by atoms with E-state index in [-0.39, 0.29) is 15.6 Å². The number of carbonyl (C=O) groups is 2. The van der Waals surface area contributed by atoms with Crippen LogP contribution < -0.4 is 5.32 Å². The van der Waals surface area contributed by atoms with E-state index in [1.165, 1.54) is 54.1 Å². The van der Waals surface area contributed by atoms with Crippen molar-refractivity contribution in [3.63, 3.8) is 0 Å². The van der Waals surface area contributed by atoms with E-state index < -0.39 is 28.5 Å². The molecular weight excluding hydrogens is 436 g/mol. The molecule has 2 aromatic rings. The maximum absolute atomic E-state index is 12.2. The van der Waals surface area contributed by atoms with Crippen LogP contribution in [0, 0.1) is 0 Å². The fraction of sp³-hybridized carbons (Fsp3) is 0.368. The van der Waals surface area contributed by atoms with Crippen LogP contribution in [0.15, 0.2) is 29.2 Å². The Hall–Kier alpha value is -1.94. The zero-order valence-corrected chi connectivity index (χ0v) is 18.4. The molecule has 0 saturated carbocycles. The van der Waals surface area contributed by atoms with Gasteiger partial charge in [0.2, 0.25) is 10.0 Å². The quantitative estimate of drug-likeness (QED) is 0.673. The molecule has 29 heavy (non-hydrogen) atoms. The third-order valence-corrected chi connectivity index (χ3v) is 7.88. The molecule has 1 amide bonds. The number of sulfonamides is 1. The maximum atomic E-state index is 12.2. The molecule has 1 aromatic heterocycles. The first kappa shape index (κ1) is 21.8. The molecule has 1 N–H and O–H groups in total. The molecule has 3 rings (SSSR count). The zero-order valence-electron chi connectivity index (χ0n) is 16.0. The summed E-state index contributed by atoms with van der Waals surface area (Å²) < 4.78 is 30.6. The van der Waals surface area contributed by atoms with Crippen molar-refractivity contribution in [1.82, 2.24) is 4.31 Å². The van der Waals surface area contributed by atoms with Gasteiger partial charge in [-0.1, -0.05) is 11.6 Å². The number of aryl methyl sites for hydroxylation is 2.